The predicted molar refractivity (Wildman–Crippen MR) is 72.7 cm³/mol. The molecule has 1 saturated heterocycles. The van der Waals surface area contributed by atoms with Gasteiger partial charge in [0.2, 0.25) is 5.78 Å². The van der Waals surface area contributed by atoms with Crippen molar-refractivity contribution >= 4 is 11.9 Å². The zero-order chi connectivity index (χ0) is 15.2. The van der Waals surface area contributed by atoms with Crippen molar-refractivity contribution in [2.24, 2.45) is 0 Å². The molecule has 3 rings (SSSR count). The molecule has 6 heteroatoms. The summed E-state index contributed by atoms with van der Waals surface area (Å²) in [4.78, 5) is 24.0. The molecule has 0 saturated carbocycles. The number of rotatable bonds is 2. The second kappa shape index (κ2) is 4.68. The van der Waals surface area contributed by atoms with Gasteiger partial charge in [0, 0.05) is 19.3 Å². The summed E-state index contributed by atoms with van der Waals surface area (Å²) >= 11 is 0. The van der Waals surface area contributed by atoms with Gasteiger partial charge < -0.3 is 18.6 Å². The Bertz CT molecular complexity index is 713. The van der Waals surface area contributed by atoms with Crippen molar-refractivity contribution in [3.8, 4) is 0 Å². The van der Waals surface area contributed by atoms with E-state index in [1.54, 1.807) is 6.92 Å². The molecule has 0 radical (unpaired) electrons. The molecule has 1 aliphatic heterocycles. The van der Waals surface area contributed by atoms with Crippen LogP contribution in [0.5, 0.6) is 0 Å². The molecule has 1 fully saturated rings. The Hall–Kier alpha value is -2.18. The van der Waals surface area contributed by atoms with Gasteiger partial charge in [-0.05, 0) is 18.6 Å². The zero-order valence-corrected chi connectivity index (χ0v) is 11.7. The fourth-order valence-electron chi connectivity index (χ4n) is 2.36. The summed E-state index contributed by atoms with van der Waals surface area (Å²) in [6, 6.07) is 2.57. The van der Waals surface area contributed by atoms with Gasteiger partial charge in [-0.25, -0.2) is 4.79 Å². The molecule has 2 unspecified atom stereocenters. The molecule has 0 N–H and O–H groups in total. The van der Waals surface area contributed by atoms with Crippen LogP contribution in [0.1, 0.15) is 23.0 Å². The van der Waals surface area contributed by atoms with E-state index in [0.717, 1.165) is 5.57 Å². The number of fused-ring (bicyclic) bond motifs is 2. The average molecular weight is 290 g/mol. The Balaban J connectivity index is 2.14. The third-order valence-electron chi connectivity index (χ3n) is 3.53. The fraction of sp³-hybridized carbons (Fsp3) is 0.333. The molecule has 2 heterocycles. The van der Waals surface area contributed by atoms with Gasteiger partial charge in [-0.2, -0.15) is 0 Å². The van der Waals surface area contributed by atoms with E-state index in [0.29, 0.717) is 0 Å². The van der Waals surface area contributed by atoms with Crippen molar-refractivity contribution in [2.45, 2.75) is 18.8 Å². The standard InChI is InChI=1S/C15H14O6/c1-8(2)11-7-19-12-6-10-9(4-5-13(16)20-10)14(17)15(12,18-3)21-11/h4-6,11H,1,7H2,2-3H3. The van der Waals surface area contributed by atoms with Gasteiger partial charge >= 0.3 is 5.63 Å². The molecule has 1 aromatic rings. The number of hydrogen-bond donors (Lipinski definition) is 0. The number of ether oxygens (including phenoxy) is 3. The lowest BCUT2D eigenvalue weighted by atomic mass is 9.93. The molecular weight excluding hydrogens is 276 g/mol. The minimum Gasteiger partial charge on any atom is -0.488 e. The Kier molecular flexibility index (Phi) is 3.07. The van der Waals surface area contributed by atoms with Crippen molar-refractivity contribution in [1.29, 1.82) is 0 Å². The summed E-state index contributed by atoms with van der Waals surface area (Å²) < 4.78 is 21.7. The molecule has 0 spiro atoms. The number of carbonyl (C=O) groups excluding carboxylic acids is 1. The minimum atomic E-state index is -1.66. The Morgan fingerprint density at radius 3 is 2.86 bits per heavy atom. The van der Waals surface area contributed by atoms with Crippen LogP contribution < -0.4 is 5.63 Å². The van der Waals surface area contributed by atoms with Crippen LogP contribution >= 0.6 is 0 Å². The predicted octanol–water partition coefficient (Wildman–Crippen LogP) is 1.51. The third-order valence-corrected chi connectivity index (χ3v) is 3.53. The smallest absolute Gasteiger partial charge is 0.336 e. The fourth-order valence-corrected chi connectivity index (χ4v) is 2.36. The Morgan fingerprint density at radius 1 is 1.43 bits per heavy atom. The van der Waals surface area contributed by atoms with Crippen LogP contribution in [0.2, 0.25) is 0 Å². The number of hydrogen-bond acceptors (Lipinski definition) is 6. The molecular formula is C15H14O6. The number of Topliss-reactive ketones (excluding diaryl/α,β-unsaturated/α-hetero) is 1. The first-order chi connectivity index (χ1) is 9.98. The van der Waals surface area contributed by atoms with Crippen molar-refractivity contribution in [3.63, 3.8) is 0 Å². The highest BCUT2D eigenvalue weighted by Gasteiger charge is 2.54. The normalized spacial score (nSPS) is 27.2. The topological polar surface area (TPSA) is 75.0 Å². The third kappa shape index (κ3) is 1.95. The molecule has 6 nitrogen and oxygen atoms in total. The van der Waals surface area contributed by atoms with Crippen molar-refractivity contribution in [2.75, 3.05) is 13.7 Å². The molecule has 2 atom stereocenters. The van der Waals surface area contributed by atoms with Gasteiger partial charge in [0.25, 0.3) is 5.79 Å². The summed E-state index contributed by atoms with van der Waals surface area (Å²) in [5, 5.41) is 0. The first kappa shape index (κ1) is 13.8. The maximum absolute atomic E-state index is 12.7. The summed E-state index contributed by atoms with van der Waals surface area (Å²) in [6.45, 7) is 5.81. The monoisotopic (exact) mass is 290 g/mol. The molecule has 21 heavy (non-hydrogen) atoms. The summed E-state index contributed by atoms with van der Waals surface area (Å²) in [5.41, 5.74) is 0.398. The molecule has 1 aromatic heterocycles. The molecule has 0 bridgehead atoms. The van der Waals surface area contributed by atoms with E-state index in [1.807, 2.05) is 0 Å². The Morgan fingerprint density at radius 2 is 2.19 bits per heavy atom. The maximum atomic E-state index is 12.7. The lowest BCUT2D eigenvalue weighted by Crippen LogP contribution is -2.54. The van der Waals surface area contributed by atoms with E-state index in [9.17, 15) is 9.59 Å². The average Bonchev–Trinajstić information content (AvgIpc) is 2.46. The lowest BCUT2D eigenvalue weighted by molar-refractivity contribution is -0.236. The van der Waals surface area contributed by atoms with E-state index < -0.39 is 23.3 Å². The van der Waals surface area contributed by atoms with Crippen molar-refractivity contribution in [1.82, 2.24) is 0 Å². The molecule has 1 aliphatic carbocycles. The van der Waals surface area contributed by atoms with E-state index in [-0.39, 0.29) is 23.7 Å². The van der Waals surface area contributed by atoms with Gasteiger partial charge in [-0.15, -0.1) is 0 Å². The van der Waals surface area contributed by atoms with Crippen LogP contribution in [0.25, 0.3) is 6.08 Å². The van der Waals surface area contributed by atoms with E-state index >= 15 is 0 Å². The number of methoxy groups -OCH3 is 1. The van der Waals surface area contributed by atoms with Gasteiger partial charge in [0.15, 0.2) is 5.76 Å². The summed E-state index contributed by atoms with van der Waals surface area (Å²) in [7, 11) is 1.36. The van der Waals surface area contributed by atoms with Crippen LogP contribution in [0.15, 0.2) is 39.3 Å². The second-order valence-corrected chi connectivity index (χ2v) is 4.95. The SMILES string of the molecule is C=C(C)C1COC2=Cc3oc(=O)ccc3C(=O)C2(OC)O1. The van der Waals surface area contributed by atoms with Crippen LogP contribution in [-0.4, -0.2) is 31.4 Å². The quantitative estimate of drug-likeness (QED) is 0.769. The van der Waals surface area contributed by atoms with Crippen molar-refractivity contribution < 1.29 is 23.4 Å². The summed E-state index contributed by atoms with van der Waals surface area (Å²) in [5.74, 6) is -1.80. The van der Waals surface area contributed by atoms with Crippen molar-refractivity contribution in [3.05, 3.63) is 51.8 Å². The molecule has 2 aliphatic rings. The van der Waals surface area contributed by atoms with Crippen LogP contribution in [0.3, 0.4) is 0 Å². The molecule has 0 amide bonds. The maximum Gasteiger partial charge on any atom is 0.336 e. The summed E-state index contributed by atoms with van der Waals surface area (Å²) in [6.07, 6.45) is 0.999. The van der Waals surface area contributed by atoms with Gasteiger partial charge in [0.05, 0.1) is 5.56 Å². The van der Waals surface area contributed by atoms with E-state index in [1.165, 1.54) is 25.3 Å². The molecule has 110 valence electrons. The lowest BCUT2D eigenvalue weighted by Gasteiger charge is -2.41. The van der Waals surface area contributed by atoms with Gasteiger partial charge in [0.1, 0.15) is 18.5 Å². The Labute approximate surface area is 120 Å². The highest BCUT2D eigenvalue weighted by molar-refractivity contribution is 6.08. The zero-order valence-electron chi connectivity index (χ0n) is 11.7. The molecule has 0 aromatic carbocycles. The highest BCUT2D eigenvalue weighted by Crippen LogP contribution is 2.40. The van der Waals surface area contributed by atoms with Crippen LogP contribution in [0, 0.1) is 0 Å². The minimum absolute atomic E-state index is 0.146. The van der Waals surface area contributed by atoms with E-state index in [2.05, 4.69) is 6.58 Å². The number of carbonyl (C=O) groups is 1. The van der Waals surface area contributed by atoms with Gasteiger partial charge in [-0.3, -0.25) is 4.79 Å². The van der Waals surface area contributed by atoms with Crippen LogP contribution in [-0.2, 0) is 14.2 Å². The van der Waals surface area contributed by atoms with Crippen LogP contribution in [0.4, 0.5) is 0 Å². The first-order valence-electron chi connectivity index (χ1n) is 6.40. The highest BCUT2D eigenvalue weighted by atomic mass is 16.7. The first-order valence-corrected chi connectivity index (χ1v) is 6.40. The second-order valence-electron chi connectivity index (χ2n) is 4.95. The largest absolute Gasteiger partial charge is 0.488 e. The van der Waals surface area contributed by atoms with E-state index in [4.69, 9.17) is 18.6 Å². The number of ketones is 1. The van der Waals surface area contributed by atoms with Gasteiger partial charge in [-0.1, -0.05) is 6.58 Å².